The summed E-state index contributed by atoms with van der Waals surface area (Å²) in [4.78, 5) is 7.32. The van der Waals surface area contributed by atoms with Crippen molar-refractivity contribution in [3.8, 4) is 16.9 Å². The number of pyridine rings is 1. The smallest absolute Gasteiger partial charge is 0.133 e. The number of H-pyrrole nitrogens is 1. The van der Waals surface area contributed by atoms with E-state index in [2.05, 4.69) is 15.3 Å². The van der Waals surface area contributed by atoms with Gasteiger partial charge in [0.1, 0.15) is 24.0 Å². The Morgan fingerprint density at radius 2 is 1.96 bits per heavy atom. The third kappa shape index (κ3) is 4.02. The molecule has 0 saturated heterocycles. The molecule has 0 atom stereocenters. The number of rotatable bonds is 7. The van der Waals surface area contributed by atoms with E-state index in [9.17, 15) is 8.78 Å². The van der Waals surface area contributed by atoms with Crippen LogP contribution >= 0.6 is 0 Å². The van der Waals surface area contributed by atoms with Crippen LogP contribution in [0.4, 0.5) is 8.78 Å². The topological polar surface area (TPSA) is 49.9 Å². The summed E-state index contributed by atoms with van der Waals surface area (Å²) >= 11 is 0. The number of hydrogen-bond acceptors (Lipinski definition) is 3. The molecule has 0 fully saturated rings. The van der Waals surface area contributed by atoms with Gasteiger partial charge in [0, 0.05) is 59.8 Å². The second-order valence-electron chi connectivity index (χ2n) is 6.43. The van der Waals surface area contributed by atoms with Crippen LogP contribution < -0.4 is 10.1 Å². The van der Waals surface area contributed by atoms with E-state index in [4.69, 9.17) is 4.74 Å². The zero-order valence-corrected chi connectivity index (χ0v) is 15.1. The van der Waals surface area contributed by atoms with Crippen LogP contribution in [0, 0.1) is 11.6 Å². The number of aromatic nitrogens is 2. The molecule has 4 nitrogen and oxygen atoms in total. The van der Waals surface area contributed by atoms with Crippen LogP contribution in [0.1, 0.15) is 5.56 Å². The summed E-state index contributed by atoms with van der Waals surface area (Å²) < 4.78 is 32.9. The quantitative estimate of drug-likeness (QED) is 0.459. The second kappa shape index (κ2) is 8.19. The zero-order chi connectivity index (χ0) is 19.3. The van der Waals surface area contributed by atoms with Crippen LogP contribution in [0.2, 0.25) is 0 Å². The fourth-order valence-corrected chi connectivity index (χ4v) is 3.10. The Balaban J connectivity index is 1.32. The normalized spacial score (nSPS) is 11.1. The predicted molar refractivity (Wildman–Crippen MR) is 105 cm³/mol. The van der Waals surface area contributed by atoms with Crippen molar-refractivity contribution in [2.45, 2.75) is 6.54 Å². The minimum atomic E-state index is -0.598. The standard InChI is InChI=1S/C22H19F2N3O/c23-17-4-5-18(20(24)11-17)16-10-15(13-26-14-16)12-25-8-9-28-22-3-1-2-21-19(22)6-7-27-21/h1-7,10-11,13-14,25,27H,8-9,12H2. The fraction of sp³-hybridized carbons (Fsp3) is 0.136. The van der Waals surface area contributed by atoms with Crippen LogP contribution in [0.25, 0.3) is 22.0 Å². The number of nitrogens with one attached hydrogen (secondary N) is 2. The third-order valence-corrected chi connectivity index (χ3v) is 4.46. The van der Waals surface area contributed by atoms with Crippen LogP contribution in [-0.2, 0) is 6.54 Å². The lowest BCUT2D eigenvalue weighted by Gasteiger charge is -2.10. The number of ether oxygens (including phenoxy) is 1. The first-order valence-electron chi connectivity index (χ1n) is 9.00. The van der Waals surface area contributed by atoms with Crippen LogP contribution in [-0.4, -0.2) is 23.1 Å². The van der Waals surface area contributed by atoms with Crippen LogP contribution in [0.3, 0.4) is 0 Å². The molecule has 142 valence electrons. The average molecular weight is 379 g/mol. The van der Waals surface area contributed by atoms with Gasteiger partial charge in [0.15, 0.2) is 0 Å². The van der Waals surface area contributed by atoms with E-state index >= 15 is 0 Å². The lowest BCUT2D eigenvalue weighted by molar-refractivity contribution is 0.317. The highest BCUT2D eigenvalue weighted by atomic mass is 19.1. The van der Waals surface area contributed by atoms with E-state index in [0.29, 0.717) is 30.8 Å². The van der Waals surface area contributed by atoms with Crippen molar-refractivity contribution in [3.05, 3.63) is 84.3 Å². The van der Waals surface area contributed by atoms with E-state index in [1.54, 1.807) is 12.4 Å². The van der Waals surface area contributed by atoms with Gasteiger partial charge >= 0.3 is 0 Å². The average Bonchev–Trinajstić information content (AvgIpc) is 3.17. The maximum atomic E-state index is 14.0. The first kappa shape index (κ1) is 18.1. The SMILES string of the molecule is Fc1ccc(-c2cncc(CNCCOc3cccc4[nH]ccc34)c2)c(F)c1. The van der Waals surface area contributed by atoms with Crippen LogP contribution in [0.5, 0.6) is 5.75 Å². The van der Waals surface area contributed by atoms with Gasteiger partial charge < -0.3 is 15.0 Å². The summed E-state index contributed by atoms with van der Waals surface area (Å²) in [6.07, 6.45) is 5.18. The number of halogens is 2. The van der Waals surface area contributed by atoms with Crippen molar-refractivity contribution in [2.24, 2.45) is 0 Å². The summed E-state index contributed by atoms with van der Waals surface area (Å²) in [5.41, 5.74) is 2.90. The van der Waals surface area contributed by atoms with E-state index in [0.717, 1.165) is 28.3 Å². The first-order chi connectivity index (χ1) is 13.7. The number of aromatic amines is 1. The number of hydrogen-bond donors (Lipinski definition) is 2. The molecule has 0 spiro atoms. The van der Waals surface area contributed by atoms with Crippen molar-refractivity contribution < 1.29 is 13.5 Å². The lowest BCUT2D eigenvalue weighted by atomic mass is 10.1. The molecule has 0 amide bonds. The first-order valence-corrected chi connectivity index (χ1v) is 9.00. The molecule has 0 radical (unpaired) electrons. The van der Waals surface area contributed by atoms with E-state index < -0.39 is 11.6 Å². The molecule has 0 aliphatic heterocycles. The van der Waals surface area contributed by atoms with Gasteiger partial charge in [-0.15, -0.1) is 0 Å². The molecule has 4 aromatic rings. The Hall–Kier alpha value is -3.25. The largest absolute Gasteiger partial charge is 0.492 e. The molecular formula is C22H19F2N3O. The van der Waals surface area contributed by atoms with Gasteiger partial charge in [-0.25, -0.2) is 8.78 Å². The highest BCUT2D eigenvalue weighted by molar-refractivity contribution is 5.85. The Bertz CT molecular complexity index is 1090. The van der Waals surface area contributed by atoms with Gasteiger partial charge in [0.2, 0.25) is 0 Å². The lowest BCUT2D eigenvalue weighted by Crippen LogP contribution is -2.20. The van der Waals surface area contributed by atoms with Gasteiger partial charge in [0.25, 0.3) is 0 Å². The highest BCUT2D eigenvalue weighted by Crippen LogP contribution is 2.25. The predicted octanol–water partition coefficient (Wildman–Crippen LogP) is 4.68. The van der Waals surface area contributed by atoms with Crippen molar-refractivity contribution in [2.75, 3.05) is 13.2 Å². The third-order valence-electron chi connectivity index (χ3n) is 4.46. The number of benzene rings is 2. The van der Waals surface area contributed by atoms with Crippen LogP contribution in [0.15, 0.2) is 67.1 Å². The zero-order valence-electron chi connectivity index (χ0n) is 15.1. The molecule has 6 heteroatoms. The van der Waals surface area contributed by atoms with Gasteiger partial charge in [-0.2, -0.15) is 0 Å². The van der Waals surface area contributed by atoms with E-state index in [1.807, 2.05) is 36.5 Å². The molecule has 0 aliphatic carbocycles. The van der Waals surface area contributed by atoms with Gasteiger partial charge in [-0.3, -0.25) is 4.98 Å². The minimum Gasteiger partial charge on any atom is -0.492 e. The summed E-state index contributed by atoms with van der Waals surface area (Å²) in [6, 6.07) is 13.3. The Morgan fingerprint density at radius 3 is 2.86 bits per heavy atom. The van der Waals surface area contributed by atoms with Crippen molar-refractivity contribution in [1.29, 1.82) is 0 Å². The van der Waals surface area contributed by atoms with Gasteiger partial charge in [0.05, 0.1) is 0 Å². The molecule has 2 aromatic carbocycles. The minimum absolute atomic E-state index is 0.332. The molecule has 2 heterocycles. The fourth-order valence-electron chi connectivity index (χ4n) is 3.10. The summed E-state index contributed by atoms with van der Waals surface area (Å²) in [6.45, 7) is 1.74. The van der Waals surface area contributed by atoms with Gasteiger partial charge in [-0.05, 0) is 42.0 Å². The van der Waals surface area contributed by atoms with Crippen molar-refractivity contribution >= 4 is 10.9 Å². The molecule has 0 aliphatic rings. The molecule has 2 N–H and O–H groups in total. The molecule has 2 aromatic heterocycles. The molecule has 0 bridgehead atoms. The molecule has 4 rings (SSSR count). The van der Waals surface area contributed by atoms with E-state index in [-0.39, 0.29) is 0 Å². The molecule has 0 unspecified atom stereocenters. The maximum absolute atomic E-state index is 14.0. The Labute approximate surface area is 161 Å². The van der Waals surface area contributed by atoms with Crippen molar-refractivity contribution in [3.63, 3.8) is 0 Å². The van der Waals surface area contributed by atoms with Gasteiger partial charge in [-0.1, -0.05) is 6.07 Å². The molecule has 0 saturated carbocycles. The number of fused-ring (bicyclic) bond motifs is 1. The highest BCUT2D eigenvalue weighted by Gasteiger charge is 2.08. The maximum Gasteiger partial charge on any atom is 0.133 e. The molecule has 28 heavy (non-hydrogen) atoms. The number of nitrogens with zero attached hydrogens (tertiary/aromatic N) is 1. The summed E-state index contributed by atoms with van der Waals surface area (Å²) in [5.74, 6) is -0.349. The summed E-state index contributed by atoms with van der Waals surface area (Å²) in [7, 11) is 0. The monoisotopic (exact) mass is 379 g/mol. The Kier molecular flexibility index (Phi) is 5.30. The van der Waals surface area contributed by atoms with Crippen molar-refractivity contribution in [1.82, 2.24) is 15.3 Å². The second-order valence-corrected chi connectivity index (χ2v) is 6.43. The van der Waals surface area contributed by atoms with E-state index in [1.165, 1.54) is 12.1 Å². The molecular weight excluding hydrogens is 360 g/mol. The summed E-state index contributed by atoms with van der Waals surface area (Å²) in [5, 5.41) is 4.35. The Morgan fingerprint density at radius 1 is 1.04 bits per heavy atom.